The van der Waals surface area contributed by atoms with Crippen LogP contribution >= 0.6 is 0 Å². The number of aliphatic carboxylic acids is 1. The third-order valence-electron chi connectivity index (χ3n) is 15.5. The van der Waals surface area contributed by atoms with Crippen LogP contribution in [-0.2, 0) is 43.2 Å². The number of nitrogens with two attached hydrogens (primary N) is 15. The van der Waals surface area contributed by atoms with Gasteiger partial charge in [-0.3, -0.25) is 43.2 Å². The first-order valence-electron chi connectivity index (χ1n) is 35.1. The van der Waals surface area contributed by atoms with Gasteiger partial charge in [-0.05, 0) is 110 Å². The van der Waals surface area contributed by atoms with Crippen LogP contribution < -0.4 is 86.0 Å². The highest BCUT2D eigenvalue weighted by Gasteiger charge is 2.28. The van der Waals surface area contributed by atoms with Crippen molar-refractivity contribution in [3.05, 3.63) is 0 Å². The van der Waals surface area contributed by atoms with Crippen LogP contribution in [0, 0.1) is 82.9 Å². The van der Waals surface area contributed by atoms with E-state index in [2.05, 4.69) is 104 Å². The SMILES string of the molecule is CC(C)C[C@@H](C)CC(=O)[C@@H](N)CN.CC(C)C[C@@H](C)CC(=O)[C@@H](N)CN.CC(C)C[C@@H](C)CC(=O)[C@@H](N)CN.CC(C)C[C@@H](C)CC(=O)[C@@H](N)CN.CC(C)C[C@@H](CC(=O)[C@H](N)CN)C(=O)O.CC(C)C[C@H](C)CC(=O)[C@@H](N)CN.CCC(C)[C@H](CC(=O)[C@@H](N)CN)C(N)=O. The third kappa shape index (κ3) is 64.5. The molecule has 25 heteroatoms. The average Bonchev–Trinajstić information content (AvgIpc) is 1.54. The van der Waals surface area contributed by atoms with Crippen molar-refractivity contribution in [1.29, 1.82) is 0 Å². The lowest BCUT2D eigenvalue weighted by Gasteiger charge is -2.20. The molecule has 0 aliphatic rings. The van der Waals surface area contributed by atoms with Crippen LogP contribution in [0.3, 0.4) is 0 Å². The molecule has 0 aromatic carbocycles. The number of carboxylic acid groups (broad SMARTS) is 1. The van der Waals surface area contributed by atoms with Crippen LogP contribution in [0.1, 0.15) is 221 Å². The molecule has 566 valence electrons. The molecule has 1 amide bonds. The second-order valence-electron chi connectivity index (χ2n) is 29.3. The minimum atomic E-state index is -0.943. The summed E-state index contributed by atoms with van der Waals surface area (Å²) in [4.78, 5) is 102. The van der Waals surface area contributed by atoms with E-state index in [1.165, 1.54) is 0 Å². The first-order chi connectivity index (χ1) is 43.7. The number of Topliss-reactive ketones (excluding diaryl/α,β-unsaturated/α-hetero) is 7. The van der Waals surface area contributed by atoms with Gasteiger partial charge in [-0.15, -0.1) is 0 Å². The lowest BCUT2D eigenvalue weighted by atomic mass is 9.86. The predicted octanol–water partition coefficient (Wildman–Crippen LogP) is 3.93. The number of rotatable bonds is 44. The largest absolute Gasteiger partial charge is 0.481 e. The molecule has 0 aliphatic carbocycles. The zero-order chi connectivity index (χ0) is 76.2. The van der Waals surface area contributed by atoms with E-state index < -0.39 is 66.0 Å². The number of hydrogen-bond acceptors (Lipinski definition) is 23. The molecular formula is C70H151N15O10. The summed E-state index contributed by atoms with van der Waals surface area (Å²) in [7, 11) is 0. The second-order valence-corrected chi connectivity index (χ2v) is 29.3. The number of ketones is 7. The maximum atomic E-state index is 11.5. The van der Waals surface area contributed by atoms with Crippen molar-refractivity contribution < 1.29 is 48.3 Å². The Bertz CT molecular complexity index is 1810. The average molecular weight is 1360 g/mol. The number of primary amides is 1. The molecule has 95 heavy (non-hydrogen) atoms. The van der Waals surface area contributed by atoms with E-state index in [0.717, 1.165) is 38.5 Å². The van der Waals surface area contributed by atoms with E-state index in [1.807, 2.05) is 27.7 Å². The Morgan fingerprint density at radius 3 is 0.589 bits per heavy atom. The zero-order valence-corrected chi connectivity index (χ0v) is 63.3. The molecule has 31 N–H and O–H groups in total. The normalized spacial score (nSPS) is 15.9. The summed E-state index contributed by atoms with van der Waals surface area (Å²) in [5, 5.41) is 8.90. The quantitative estimate of drug-likeness (QED) is 0.0411. The number of carboxylic acids is 1. The molecule has 0 radical (unpaired) electrons. The van der Waals surface area contributed by atoms with Crippen LogP contribution in [0.4, 0.5) is 0 Å². The molecule has 0 bridgehead atoms. The summed E-state index contributed by atoms with van der Waals surface area (Å²) in [6.45, 7) is 41.1. The summed E-state index contributed by atoms with van der Waals surface area (Å²) < 4.78 is 0. The molecule has 15 atom stereocenters. The zero-order valence-electron chi connectivity index (χ0n) is 63.3. The Labute approximate surface area is 576 Å². The molecule has 0 aromatic heterocycles. The van der Waals surface area contributed by atoms with Gasteiger partial charge in [0, 0.05) is 96.7 Å². The Hall–Kier alpha value is -3.93. The van der Waals surface area contributed by atoms with Gasteiger partial charge < -0.3 is 91.1 Å². The first kappa shape index (κ1) is 105. The van der Waals surface area contributed by atoms with E-state index in [9.17, 15) is 43.2 Å². The molecule has 0 rings (SSSR count). The van der Waals surface area contributed by atoms with Crippen LogP contribution in [0.25, 0.3) is 0 Å². The first-order valence-corrected chi connectivity index (χ1v) is 35.1. The van der Waals surface area contributed by atoms with E-state index >= 15 is 0 Å². The van der Waals surface area contributed by atoms with Gasteiger partial charge in [0.05, 0.1) is 48.2 Å². The number of hydrogen-bond donors (Lipinski definition) is 16. The molecule has 0 spiro atoms. The topological polar surface area (TPSA) is 564 Å². The fourth-order valence-corrected chi connectivity index (χ4v) is 10.3. The summed E-state index contributed by atoms with van der Waals surface area (Å²) in [5.74, 6) is 3.17. The molecule has 25 nitrogen and oxygen atoms in total. The van der Waals surface area contributed by atoms with Gasteiger partial charge in [-0.2, -0.15) is 0 Å². The maximum Gasteiger partial charge on any atom is 0.306 e. The van der Waals surface area contributed by atoms with E-state index in [0.29, 0.717) is 97.7 Å². The molecule has 0 saturated heterocycles. The van der Waals surface area contributed by atoms with E-state index in [-0.39, 0.29) is 111 Å². The Morgan fingerprint density at radius 1 is 0.284 bits per heavy atom. The summed E-state index contributed by atoms with van der Waals surface area (Å²) in [5.41, 5.74) is 80.8. The molecule has 0 aromatic rings. The molecule has 1 unspecified atom stereocenters. The van der Waals surface area contributed by atoms with Crippen molar-refractivity contribution in [1.82, 2.24) is 0 Å². The third-order valence-corrected chi connectivity index (χ3v) is 15.5. The van der Waals surface area contributed by atoms with Gasteiger partial charge in [0.25, 0.3) is 0 Å². The Balaban J connectivity index is -0.000000190. The number of carbonyl (C=O) groups excluding carboxylic acids is 8. The van der Waals surface area contributed by atoms with E-state index in [1.54, 1.807) is 0 Å². The lowest BCUT2D eigenvalue weighted by molar-refractivity contribution is -0.144. The van der Waals surface area contributed by atoms with Crippen molar-refractivity contribution in [2.75, 3.05) is 45.8 Å². The fraction of sp³-hybridized carbons (Fsp3) is 0.871. The number of carbonyl (C=O) groups is 9. The van der Waals surface area contributed by atoms with Gasteiger partial charge in [0.2, 0.25) is 5.91 Å². The smallest absolute Gasteiger partial charge is 0.306 e. The predicted molar refractivity (Wildman–Crippen MR) is 392 cm³/mol. The second kappa shape index (κ2) is 62.3. The summed E-state index contributed by atoms with van der Waals surface area (Å²) >= 11 is 0. The molecule has 0 heterocycles. The highest BCUT2D eigenvalue weighted by molar-refractivity contribution is 5.90. The fourth-order valence-electron chi connectivity index (χ4n) is 10.3. The lowest BCUT2D eigenvalue weighted by Crippen LogP contribution is -2.41. The highest BCUT2D eigenvalue weighted by Crippen LogP contribution is 2.22. The minimum absolute atomic E-state index is 0.0219. The van der Waals surface area contributed by atoms with Crippen molar-refractivity contribution in [2.45, 2.75) is 264 Å². The van der Waals surface area contributed by atoms with Crippen LogP contribution in [-0.4, -0.2) is 146 Å². The van der Waals surface area contributed by atoms with Crippen LogP contribution in [0.2, 0.25) is 0 Å². The van der Waals surface area contributed by atoms with Gasteiger partial charge in [-0.1, -0.05) is 138 Å². The standard InChI is InChI=1S/C10H21N3O2.C10H20N2O3.5C10H22N2O/c1-3-6(2)7(10(13)15)4-9(14)8(12)5-11;1-6(2)3-7(10(14)15)4-9(13)8(12)5-11;5*1-7(2)4-8(3)5-10(13)9(12)6-11/h6-8H,3-5,11-12H2,1-2H3,(H2,13,15);6-8H,3-5,11-12H2,1-2H3,(H,14,15);5*7-9H,4-6,11-12H2,1-3H3/t6?,7-,8-;7-,8+;4*8-,9+;8-,9-/m0011110/s1. The van der Waals surface area contributed by atoms with E-state index in [4.69, 9.17) is 91.1 Å². The van der Waals surface area contributed by atoms with Crippen LogP contribution in [0.5, 0.6) is 0 Å². The van der Waals surface area contributed by atoms with Gasteiger partial charge in [0.1, 0.15) is 0 Å². The summed E-state index contributed by atoms with van der Waals surface area (Å²) in [6.07, 6.45) is 9.56. The number of amides is 1. The van der Waals surface area contributed by atoms with Crippen molar-refractivity contribution in [3.63, 3.8) is 0 Å². The molecule has 0 aliphatic heterocycles. The molecule has 0 saturated carbocycles. The van der Waals surface area contributed by atoms with Crippen LogP contribution in [0.15, 0.2) is 0 Å². The molecular weight excluding hydrogens is 1210 g/mol. The Morgan fingerprint density at radius 2 is 0.453 bits per heavy atom. The highest BCUT2D eigenvalue weighted by atomic mass is 16.4. The Kier molecular flexibility index (Phi) is 68.6. The van der Waals surface area contributed by atoms with Crippen molar-refractivity contribution in [3.8, 4) is 0 Å². The van der Waals surface area contributed by atoms with Gasteiger partial charge >= 0.3 is 5.97 Å². The summed E-state index contributed by atoms with van der Waals surface area (Å²) in [6, 6.07) is -3.74. The van der Waals surface area contributed by atoms with Gasteiger partial charge in [0.15, 0.2) is 40.5 Å². The molecule has 0 fully saturated rings. The minimum Gasteiger partial charge on any atom is -0.481 e. The van der Waals surface area contributed by atoms with Crippen molar-refractivity contribution in [2.24, 2.45) is 169 Å². The monoisotopic (exact) mass is 1360 g/mol. The van der Waals surface area contributed by atoms with Gasteiger partial charge in [-0.25, -0.2) is 0 Å². The maximum absolute atomic E-state index is 11.5. The van der Waals surface area contributed by atoms with Crippen molar-refractivity contribution >= 4 is 52.4 Å².